The van der Waals surface area contributed by atoms with Gasteiger partial charge in [0.2, 0.25) is 0 Å². The lowest BCUT2D eigenvalue weighted by Crippen LogP contribution is -2.07. The van der Waals surface area contributed by atoms with E-state index in [0.717, 1.165) is 11.6 Å². The topological polar surface area (TPSA) is 47.3 Å². The number of fused-ring (bicyclic) bond motifs is 1. The highest BCUT2D eigenvalue weighted by atomic mass is 19.4. The van der Waals surface area contributed by atoms with Crippen LogP contribution in [0.4, 0.5) is 13.2 Å². The molecule has 0 amide bonds. The average Bonchev–Trinajstić information content (AvgIpc) is 3.05. The van der Waals surface area contributed by atoms with Crippen molar-refractivity contribution in [2.75, 3.05) is 7.11 Å². The summed E-state index contributed by atoms with van der Waals surface area (Å²) < 4.78 is 47.7. The molecule has 0 unspecified atom stereocenters. The van der Waals surface area contributed by atoms with Crippen molar-refractivity contribution in [1.29, 1.82) is 0 Å². The fourth-order valence-electron chi connectivity index (χ4n) is 3.41. The van der Waals surface area contributed by atoms with Crippen LogP contribution in [0.5, 0.6) is 11.5 Å². The Labute approximate surface area is 164 Å². The van der Waals surface area contributed by atoms with Crippen LogP contribution < -0.4 is 4.74 Å². The molecule has 0 aliphatic carbocycles. The van der Waals surface area contributed by atoms with Crippen LogP contribution in [0.1, 0.15) is 11.1 Å². The Morgan fingerprint density at radius 1 is 1.00 bits per heavy atom. The molecule has 0 bridgehead atoms. The third kappa shape index (κ3) is 3.51. The Kier molecular flexibility index (Phi) is 4.66. The highest BCUT2D eigenvalue weighted by molar-refractivity contribution is 5.96. The van der Waals surface area contributed by atoms with E-state index in [1.54, 1.807) is 16.8 Å². The van der Waals surface area contributed by atoms with Gasteiger partial charge in [0.05, 0.1) is 24.9 Å². The van der Waals surface area contributed by atoms with Crippen LogP contribution in [0.25, 0.3) is 22.2 Å². The lowest BCUT2D eigenvalue weighted by Gasteiger charge is -2.12. The molecule has 0 saturated carbocycles. The van der Waals surface area contributed by atoms with E-state index in [4.69, 9.17) is 4.74 Å². The Hall–Kier alpha value is -3.48. The molecule has 1 heterocycles. The molecule has 29 heavy (non-hydrogen) atoms. The largest absolute Gasteiger partial charge is 0.508 e. The van der Waals surface area contributed by atoms with Crippen LogP contribution >= 0.6 is 0 Å². The normalized spacial score (nSPS) is 11.7. The SMILES string of the molecule is COc1cc(O)ccc1-c1c2cccc(C(F)(F)F)c2nn1Cc1ccccc1. The predicted octanol–water partition coefficient (Wildman–Crippen LogP) is 5.48. The molecule has 4 nitrogen and oxygen atoms in total. The molecule has 0 fully saturated rings. The summed E-state index contributed by atoms with van der Waals surface area (Å²) in [6.45, 7) is 0.284. The fourth-order valence-corrected chi connectivity index (χ4v) is 3.41. The molecule has 0 atom stereocenters. The van der Waals surface area contributed by atoms with Gasteiger partial charge in [-0.15, -0.1) is 0 Å². The first-order valence-electron chi connectivity index (χ1n) is 8.86. The molecule has 4 aromatic rings. The zero-order valence-electron chi connectivity index (χ0n) is 15.4. The van der Waals surface area contributed by atoms with E-state index in [9.17, 15) is 18.3 Å². The summed E-state index contributed by atoms with van der Waals surface area (Å²) in [6, 6.07) is 17.9. The lowest BCUT2D eigenvalue weighted by molar-refractivity contribution is -0.136. The van der Waals surface area contributed by atoms with Crippen molar-refractivity contribution in [2.24, 2.45) is 0 Å². The Bertz CT molecular complexity index is 1170. The van der Waals surface area contributed by atoms with Crippen molar-refractivity contribution in [2.45, 2.75) is 12.7 Å². The summed E-state index contributed by atoms with van der Waals surface area (Å²) in [5.41, 5.74) is 1.02. The van der Waals surface area contributed by atoms with E-state index < -0.39 is 11.7 Å². The molecular weight excluding hydrogens is 381 g/mol. The number of hydrogen-bond acceptors (Lipinski definition) is 3. The van der Waals surface area contributed by atoms with Gasteiger partial charge in [0.25, 0.3) is 0 Å². The number of phenolic OH excluding ortho intramolecular Hbond substituents is 1. The maximum absolute atomic E-state index is 13.6. The van der Waals surface area contributed by atoms with E-state index >= 15 is 0 Å². The summed E-state index contributed by atoms with van der Waals surface area (Å²) >= 11 is 0. The summed E-state index contributed by atoms with van der Waals surface area (Å²) in [4.78, 5) is 0. The third-order valence-electron chi connectivity index (χ3n) is 4.69. The van der Waals surface area contributed by atoms with Gasteiger partial charge < -0.3 is 9.84 Å². The van der Waals surface area contributed by atoms with Gasteiger partial charge in [-0.25, -0.2) is 0 Å². The van der Waals surface area contributed by atoms with E-state index in [1.165, 1.54) is 25.3 Å². The van der Waals surface area contributed by atoms with Crippen molar-refractivity contribution >= 4 is 10.9 Å². The molecule has 148 valence electrons. The molecule has 0 spiro atoms. The third-order valence-corrected chi connectivity index (χ3v) is 4.69. The molecule has 1 N–H and O–H groups in total. The second-order valence-corrected chi connectivity index (χ2v) is 6.58. The lowest BCUT2D eigenvalue weighted by atomic mass is 10.0. The minimum Gasteiger partial charge on any atom is -0.508 e. The second kappa shape index (κ2) is 7.16. The maximum Gasteiger partial charge on any atom is 0.418 e. The zero-order chi connectivity index (χ0) is 20.6. The second-order valence-electron chi connectivity index (χ2n) is 6.58. The van der Waals surface area contributed by atoms with Crippen LogP contribution in [-0.2, 0) is 12.7 Å². The van der Waals surface area contributed by atoms with E-state index in [-0.39, 0.29) is 17.8 Å². The first-order valence-corrected chi connectivity index (χ1v) is 8.86. The number of hydrogen-bond donors (Lipinski definition) is 1. The van der Waals surface area contributed by atoms with Crippen molar-refractivity contribution in [3.05, 3.63) is 77.9 Å². The summed E-state index contributed by atoms with van der Waals surface area (Å²) in [6.07, 6.45) is -4.53. The minimum atomic E-state index is -4.53. The number of nitrogens with zero attached hydrogens (tertiary/aromatic N) is 2. The van der Waals surface area contributed by atoms with Crippen molar-refractivity contribution in [3.8, 4) is 22.8 Å². The van der Waals surface area contributed by atoms with Crippen molar-refractivity contribution in [3.63, 3.8) is 0 Å². The maximum atomic E-state index is 13.6. The fraction of sp³-hybridized carbons (Fsp3) is 0.136. The molecule has 0 radical (unpaired) electrons. The van der Waals surface area contributed by atoms with Crippen LogP contribution in [0.3, 0.4) is 0 Å². The molecule has 4 rings (SSSR count). The monoisotopic (exact) mass is 398 g/mol. The molecule has 3 aromatic carbocycles. The Balaban J connectivity index is 2.02. The number of halogens is 3. The molecule has 1 aromatic heterocycles. The van der Waals surface area contributed by atoms with E-state index in [2.05, 4.69) is 5.10 Å². The first-order chi connectivity index (χ1) is 13.9. The van der Waals surface area contributed by atoms with Gasteiger partial charge in [0, 0.05) is 17.0 Å². The number of ether oxygens (including phenoxy) is 1. The Morgan fingerprint density at radius 2 is 1.76 bits per heavy atom. The van der Waals surface area contributed by atoms with Crippen molar-refractivity contribution < 1.29 is 23.0 Å². The summed E-state index contributed by atoms with van der Waals surface area (Å²) in [7, 11) is 1.44. The standard InChI is InChI=1S/C22H17F3N2O2/c1-29-19-12-15(28)10-11-16(19)21-17-8-5-9-18(22(23,24)25)20(17)26-27(21)13-14-6-3-2-4-7-14/h2-12,28H,13H2,1H3. The zero-order valence-corrected chi connectivity index (χ0v) is 15.4. The smallest absolute Gasteiger partial charge is 0.418 e. The van der Waals surface area contributed by atoms with Crippen LogP contribution in [0.15, 0.2) is 66.7 Å². The number of benzene rings is 3. The number of aromatic hydroxyl groups is 1. The van der Waals surface area contributed by atoms with Crippen LogP contribution in [-0.4, -0.2) is 22.0 Å². The van der Waals surface area contributed by atoms with Gasteiger partial charge in [0.15, 0.2) is 0 Å². The first kappa shape index (κ1) is 18.9. The van der Waals surface area contributed by atoms with Gasteiger partial charge in [-0.3, -0.25) is 4.68 Å². The quantitative estimate of drug-likeness (QED) is 0.495. The number of phenols is 1. The summed E-state index contributed by atoms with van der Waals surface area (Å²) in [5, 5.41) is 14.5. The van der Waals surface area contributed by atoms with Gasteiger partial charge >= 0.3 is 6.18 Å². The highest BCUT2D eigenvalue weighted by Gasteiger charge is 2.34. The van der Waals surface area contributed by atoms with E-state index in [0.29, 0.717) is 22.4 Å². The van der Waals surface area contributed by atoms with Crippen molar-refractivity contribution in [1.82, 2.24) is 9.78 Å². The molecule has 0 saturated heterocycles. The van der Waals surface area contributed by atoms with Crippen LogP contribution in [0.2, 0.25) is 0 Å². The summed E-state index contributed by atoms with van der Waals surface area (Å²) in [5.74, 6) is 0.346. The molecule has 7 heteroatoms. The average molecular weight is 398 g/mol. The van der Waals surface area contributed by atoms with Crippen LogP contribution in [0, 0.1) is 0 Å². The van der Waals surface area contributed by atoms with Gasteiger partial charge in [-0.1, -0.05) is 42.5 Å². The van der Waals surface area contributed by atoms with E-state index in [1.807, 2.05) is 30.3 Å². The Morgan fingerprint density at radius 3 is 2.45 bits per heavy atom. The number of rotatable bonds is 4. The molecular formula is C22H17F3N2O2. The molecule has 0 aliphatic rings. The van der Waals surface area contributed by atoms with Gasteiger partial charge in [-0.05, 0) is 23.8 Å². The number of methoxy groups -OCH3 is 1. The minimum absolute atomic E-state index is 0.00000999. The van der Waals surface area contributed by atoms with Gasteiger partial charge in [0.1, 0.15) is 17.0 Å². The highest BCUT2D eigenvalue weighted by Crippen LogP contribution is 2.41. The molecule has 0 aliphatic heterocycles. The number of alkyl halides is 3. The number of aromatic nitrogens is 2. The van der Waals surface area contributed by atoms with Gasteiger partial charge in [-0.2, -0.15) is 18.3 Å². The predicted molar refractivity (Wildman–Crippen MR) is 104 cm³/mol.